The molecule has 0 aliphatic heterocycles. The van der Waals surface area contributed by atoms with E-state index in [4.69, 9.17) is 20.5 Å². The Bertz CT molecular complexity index is 1130. The predicted octanol–water partition coefficient (Wildman–Crippen LogP) is 3.92. The van der Waals surface area contributed by atoms with Crippen LogP contribution in [0.25, 0.3) is 11.3 Å². The highest BCUT2D eigenvalue weighted by Crippen LogP contribution is 2.41. The number of anilines is 2. The molecule has 0 unspecified atom stereocenters. The van der Waals surface area contributed by atoms with Gasteiger partial charge in [-0.1, -0.05) is 6.07 Å². The van der Waals surface area contributed by atoms with Crippen LogP contribution in [0.15, 0.2) is 36.7 Å². The topological polar surface area (TPSA) is 135 Å². The lowest BCUT2D eigenvalue weighted by Crippen LogP contribution is -2.31. The number of nitrogens with two attached hydrogens (primary N) is 1. The van der Waals surface area contributed by atoms with E-state index in [9.17, 15) is 0 Å². The van der Waals surface area contributed by atoms with Crippen LogP contribution in [0.4, 0.5) is 11.6 Å². The number of aromatic nitrogens is 4. The second-order valence-electron chi connectivity index (χ2n) is 8.73. The van der Waals surface area contributed by atoms with Gasteiger partial charge in [0.15, 0.2) is 11.5 Å². The summed E-state index contributed by atoms with van der Waals surface area (Å²) in [6.07, 6.45) is 9.33. The summed E-state index contributed by atoms with van der Waals surface area (Å²) in [6, 6.07) is 10.0. The number of hydrogen-bond acceptors (Lipinski definition) is 8. The molecule has 0 spiro atoms. The number of benzene rings is 1. The van der Waals surface area contributed by atoms with E-state index in [2.05, 4.69) is 25.5 Å². The molecule has 0 saturated heterocycles. The Balaban J connectivity index is 1.40. The van der Waals surface area contributed by atoms with Crippen LogP contribution in [0.1, 0.15) is 44.2 Å². The average molecular weight is 446 g/mol. The van der Waals surface area contributed by atoms with Gasteiger partial charge in [-0.15, -0.1) is 0 Å². The number of H-pyrrole nitrogens is 1. The van der Waals surface area contributed by atoms with Crippen molar-refractivity contribution in [2.45, 2.75) is 50.7 Å². The monoisotopic (exact) mass is 445 g/mol. The number of ether oxygens (including phenoxy) is 2. The fourth-order valence-electron chi connectivity index (χ4n) is 3.97. The van der Waals surface area contributed by atoms with E-state index in [1.807, 2.05) is 30.3 Å². The van der Waals surface area contributed by atoms with Crippen LogP contribution in [0.3, 0.4) is 0 Å². The molecule has 4 N–H and O–H groups in total. The molecule has 9 heteroatoms. The molecule has 3 aromatic rings. The lowest BCUT2D eigenvalue weighted by Gasteiger charge is -2.28. The van der Waals surface area contributed by atoms with E-state index in [-0.39, 0.29) is 17.8 Å². The molecule has 0 radical (unpaired) electrons. The SMILES string of the molecule is N#Cc1cnc(Nc2cc(-c3c(OCC4CC4)cccc3OC3CCC(N)CC3)[nH]n2)cn1. The third kappa shape index (κ3) is 5.23. The van der Waals surface area contributed by atoms with E-state index in [1.54, 1.807) is 0 Å². The van der Waals surface area contributed by atoms with Gasteiger partial charge in [-0.2, -0.15) is 10.4 Å². The Morgan fingerprint density at radius 3 is 2.61 bits per heavy atom. The molecule has 0 amide bonds. The van der Waals surface area contributed by atoms with Gasteiger partial charge < -0.3 is 20.5 Å². The van der Waals surface area contributed by atoms with Crippen molar-refractivity contribution in [2.75, 3.05) is 11.9 Å². The maximum atomic E-state index is 8.89. The minimum absolute atomic E-state index is 0.136. The minimum Gasteiger partial charge on any atom is -0.492 e. The van der Waals surface area contributed by atoms with Crippen molar-refractivity contribution in [1.82, 2.24) is 20.2 Å². The second-order valence-corrected chi connectivity index (χ2v) is 8.73. The van der Waals surface area contributed by atoms with Crippen LogP contribution in [0.5, 0.6) is 11.5 Å². The molecule has 2 aliphatic carbocycles. The molecule has 33 heavy (non-hydrogen) atoms. The van der Waals surface area contributed by atoms with Crippen LogP contribution in [-0.2, 0) is 0 Å². The molecule has 2 fully saturated rings. The Morgan fingerprint density at radius 1 is 1.06 bits per heavy atom. The zero-order valence-corrected chi connectivity index (χ0v) is 18.3. The van der Waals surface area contributed by atoms with Crippen LogP contribution < -0.4 is 20.5 Å². The Morgan fingerprint density at radius 2 is 1.88 bits per heavy atom. The normalized spacial score (nSPS) is 20.1. The highest BCUT2D eigenvalue weighted by atomic mass is 16.5. The van der Waals surface area contributed by atoms with E-state index in [1.165, 1.54) is 25.2 Å². The maximum Gasteiger partial charge on any atom is 0.158 e. The third-order valence-corrected chi connectivity index (χ3v) is 6.04. The summed E-state index contributed by atoms with van der Waals surface area (Å²) in [7, 11) is 0. The standard InChI is InChI=1S/C24H27N7O2/c25-11-17-12-28-23(13-27-17)29-22-10-19(30-31-22)24-20(32-14-15-4-5-15)2-1-3-21(24)33-18-8-6-16(26)7-9-18/h1-3,10,12-13,15-16,18H,4-9,14,26H2,(H2,28,29,30,31). The molecule has 0 bridgehead atoms. The quantitative estimate of drug-likeness (QED) is 0.475. The van der Waals surface area contributed by atoms with Crippen LogP contribution in [0, 0.1) is 17.2 Å². The first-order chi connectivity index (χ1) is 16.2. The summed E-state index contributed by atoms with van der Waals surface area (Å²) >= 11 is 0. The Labute approximate surface area is 192 Å². The summed E-state index contributed by atoms with van der Waals surface area (Å²) < 4.78 is 12.6. The van der Waals surface area contributed by atoms with Gasteiger partial charge >= 0.3 is 0 Å². The van der Waals surface area contributed by atoms with Crippen LogP contribution in [-0.4, -0.2) is 38.9 Å². The highest BCUT2D eigenvalue weighted by molar-refractivity contribution is 5.76. The molecule has 2 aromatic heterocycles. The molecule has 5 rings (SSSR count). The first-order valence-electron chi connectivity index (χ1n) is 11.4. The first kappa shape index (κ1) is 21.2. The van der Waals surface area contributed by atoms with Gasteiger partial charge in [0.2, 0.25) is 0 Å². The summed E-state index contributed by atoms with van der Waals surface area (Å²) in [5, 5.41) is 19.5. The number of nitrogens with one attached hydrogen (secondary N) is 2. The van der Waals surface area contributed by atoms with Crippen molar-refractivity contribution >= 4 is 11.6 Å². The molecule has 9 nitrogen and oxygen atoms in total. The Kier molecular flexibility index (Phi) is 6.09. The fraction of sp³-hybridized carbons (Fsp3) is 0.417. The molecule has 2 heterocycles. The van der Waals surface area contributed by atoms with Gasteiger partial charge in [0.1, 0.15) is 23.4 Å². The van der Waals surface area contributed by atoms with Crippen molar-refractivity contribution in [2.24, 2.45) is 11.7 Å². The van der Waals surface area contributed by atoms with Crippen LogP contribution in [0.2, 0.25) is 0 Å². The minimum atomic E-state index is 0.136. The second kappa shape index (κ2) is 9.46. The van der Waals surface area contributed by atoms with Crippen molar-refractivity contribution in [3.05, 3.63) is 42.4 Å². The molecular weight excluding hydrogens is 418 g/mol. The maximum absolute atomic E-state index is 8.89. The van der Waals surface area contributed by atoms with Crippen molar-refractivity contribution in [3.63, 3.8) is 0 Å². The molecule has 170 valence electrons. The van der Waals surface area contributed by atoms with Gasteiger partial charge in [-0.25, -0.2) is 9.97 Å². The highest BCUT2D eigenvalue weighted by Gasteiger charge is 2.25. The summed E-state index contributed by atoms with van der Waals surface area (Å²) in [5.41, 5.74) is 7.98. The number of nitrogens with zero attached hydrogens (tertiary/aromatic N) is 4. The van der Waals surface area contributed by atoms with Crippen molar-refractivity contribution < 1.29 is 9.47 Å². The molecule has 2 aliphatic rings. The molecule has 1 aromatic carbocycles. The summed E-state index contributed by atoms with van der Waals surface area (Å²) in [5.74, 6) is 3.27. The zero-order chi connectivity index (χ0) is 22.6. The number of aromatic amines is 1. The first-order valence-corrected chi connectivity index (χ1v) is 11.4. The van der Waals surface area contributed by atoms with Gasteiger partial charge in [-0.3, -0.25) is 5.10 Å². The van der Waals surface area contributed by atoms with Gasteiger partial charge in [0.05, 0.1) is 36.4 Å². The summed E-state index contributed by atoms with van der Waals surface area (Å²) in [4.78, 5) is 8.22. The largest absolute Gasteiger partial charge is 0.492 e. The van der Waals surface area contributed by atoms with Crippen LogP contribution >= 0.6 is 0 Å². The average Bonchev–Trinajstić information content (AvgIpc) is 3.57. The summed E-state index contributed by atoms with van der Waals surface area (Å²) in [6.45, 7) is 0.703. The van der Waals surface area contributed by atoms with E-state index < -0.39 is 0 Å². The predicted molar refractivity (Wildman–Crippen MR) is 123 cm³/mol. The lowest BCUT2D eigenvalue weighted by molar-refractivity contribution is 0.147. The fourth-order valence-corrected chi connectivity index (χ4v) is 3.97. The smallest absolute Gasteiger partial charge is 0.158 e. The van der Waals surface area contributed by atoms with Gasteiger partial charge in [-0.05, 0) is 56.6 Å². The number of hydrogen-bond donors (Lipinski definition) is 3. The number of rotatable bonds is 8. The van der Waals surface area contributed by atoms with Gasteiger partial charge in [0.25, 0.3) is 0 Å². The third-order valence-electron chi connectivity index (χ3n) is 6.04. The van der Waals surface area contributed by atoms with Crippen molar-refractivity contribution in [1.29, 1.82) is 5.26 Å². The van der Waals surface area contributed by atoms with E-state index in [0.717, 1.165) is 48.4 Å². The molecule has 2 saturated carbocycles. The lowest BCUT2D eigenvalue weighted by atomic mass is 9.93. The van der Waals surface area contributed by atoms with E-state index >= 15 is 0 Å². The van der Waals surface area contributed by atoms with E-state index in [0.29, 0.717) is 24.2 Å². The molecule has 0 atom stereocenters. The van der Waals surface area contributed by atoms with Crippen molar-refractivity contribution in [3.8, 4) is 28.8 Å². The Hall–Kier alpha value is -3.64. The zero-order valence-electron chi connectivity index (χ0n) is 18.3. The number of nitriles is 1. The van der Waals surface area contributed by atoms with Gasteiger partial charge in [0, 0.05) is 12.1 Å². The molecular formula is C24H27N7O2.